The molecule has 82 valence electrons. The number of alkyl halides is 3. The van der Waals surface area contributed by atoms with Crippen LogP contribution >= 0.6 is 22.6 Å². The molecule has 0 bridgehead atoms. The summed E-state index contributed by atoms with van der Waals surface area (Å²) in [6, 6.07) is 2.16. The van der Waals surface area contributed by atoms with Gasteiger partial charge in [-0.2, -0.15) is 0 Å². The minimum absolute atomic E-state index is 0.111. The van der Waals surface area contributed by atoms with Crippen molar-refractivity contribution >= 4 is 28.7 Å². The standard InChI is InChI=1S/C9H6F3IO2/c1-2-5-3-6(15-9(10,11)12)4-7(13)8(5)14/h2-4,14H,1H2. The van der Waals surface area contributed by atoms with Crippen LogP contribution in [-0.4, -0.2) is 11.5 Å². The molecular formula is C9H6F3IO2. The van der Waals surface area contributed by atoms with E-state index in [2.05, 4.69) is 11.3 Å². The summed E-state index contributed by atoms with van der Waals surface area (Å²) in [5.41, 5.74) is 0.196. The molecule has 0 spiro atoms. The van der Waals surface area contributed by atoms with E-state index in [1.807, 2.05) is 0 Å². The molecule has 15 heavy (non-hydrogen) atoms. The molecule has 0 aliphatic heterocycles. The minimum atomic E-state index is -4.74. The second kappa shape index (κ2) is 4.30. The van der Waals surface area contributed by atoms with Crippen molar-refractivity contribution in [2.45, 2.75) is 6.36 Å². The van der Waals surface area contributed by atoms with Crippen molar-refractivity contribution in [2.24, 2.45) is 0 Å². The quantitative estimate of drug-likeness (QED) is 0.841. The van der Waals surface area contributed by atoms with Crippen molar-refractivity contribution in [3.05, 3.63) is 27.8 Å². The number of hydrogen-bond acceptors (Lipinski definition) is 2. The number of phenolic OH excluding ortho intramolecular Hbond substituents is 1. The van der Waals surface area contributed by atoms with Crippen molar-refractivity contribution in [3.63, 3.8) is 0 Å². The van der Waals surface area contributed by atoms with E-state index in [1.54, 1.807) is 22.6 Å². The zero-order chi connectivity index (χ0) is 11.6. The molecule has 1 rings (SSSR count). The second-order valence-corrected chi connectivity index (χ2v) is 3.76. The average Bonchev–Trinajstić information content (AvgIpc) is 2.08. The molecule has 0 radical (unpaired) electrons. The Morgan fingerprint density at radius 3 is 2.47 bits per heavy atom. The molecule has 0 unspecified atom stereocenters. The molecule has 0 aliphatic rings. The molecule has 0 aliphatic carbocycles. The highest BCUT2D eigenvalue weighted by molar-refractivity contribution is 14.1. The van der Waals surface area contributed by atoms with Crippen molar-refractivity contribution in [2.75, 3.05) is 0 Å². The van der Waals surface area contributed by atoms with Gasteiger partial charge in [0.2, 0.25) is 0 Å². The van der Waals surface area contributed by atoms with Gasteiger partial charge in [0.15, 0.2) is 0 Å². The highest BCUT2D eigenvalue weighted by atomic mass is 127. The summed E-state index contributed by atoms with van der Waals surface area (Å²) in [5, 5.41) is 9.40. The van der Waals surface area contributed by atoms with Gasteiger partial charge in [0.25, 0.3) is 0 Å². The van der Waals surface area contributed by atoms with Crippen LogP contribution in [0.3, 0.4) is 0 Å². The van der Waals surface area contributed by atoms with Gasteiger partial charge in [-0.05, 0) is 34.7 Å². The molecule has 2 nitrogen and oxygen atoms in total. The largest absolute Gasteiger partial charge is 0.573 e. The normalized spacial score (nSPS) is 11.2. The van der Waals surface area contributed by atoms with Crippen LogP contribution in [0.4, 0.5) is 13.2 Å². The zero-order valence-corrected chi connectivity index (χ0v) is 9.46. The third kappa shape index (κ3) is 3.29. The van der Waals surface area contributed by atoms with E-state index in [0.29, 0.717) is 0 Å². The van der Waals surface area contributed by atoms with Crippen LogP contribution in [-0.2, 0) is 0 Å². The van der Waals surface area contributed by atoms with E-state index < -0.39 is 6.36 Å². The zero-order valence-electron chi connectivity index (χ0n) is 7.31. The van der Waals surface area contributed by atoms with Crippen molar-refractivity contribution < 1.29 is 23.0 Å². The molecule has 0 heterocycles. The van der Waals surface area contributed by atoms with Crippen molar-refractivity contribution in [1.82, 2.24) is 0 Å². The van der Waals surface area contributed by atoms with Gasteiger partial charge in [0, 0.05) is 5.56 Å². The lowest BCUT2D eigenvalue weighted by molar-refractivity contribution is -0.274. The molecule has 1 N–H and O–H groups in total. The molecule has 0 fully saturated rings. The van der Waals surface area contributed by atoms with Crippen LogP contribution in [0.1, 0.15) is 5.56 Å². The Morgan fingerprint density at radius 2 is 2.00 bits per heavy atom. The number of aromatic hydroxyl groups is 1. The maximum atomic E-state index is 11.9. The highest BCUT2D eigenvalue weighted by Crippen LogP contribution is 2.32. The number of hydrogen-bond donors (Lipinski definition) is 1. The van der Waals surface area contributed by atoms with Crippen molar-refractivity contribution in [3.8, 4) is 11.5 Å². The molecule has 1 aromatic carbocycles. The third-order valence-electron chi connectivity index (χ3n) is 1.52. The number of halogens is 4. The summed E-state index contributed by atoms with van der Waals surface area (Å²) < 4.78 is 39.7. The van der Waals surface area contributed by atoms with E-state index in [-0.39, 0.29) is 20.6 Å². The Labute approximate surface area is 97.5 Å². The fourth-order valence-corrected chi connectivity index (χ4v) is 1.56. The van der Waals surface area contributed by atoms with E-state index in [1.165, 1.54) is 6.08 Å². The SMILES string of the molecule is C=Cc1cc(OC(F)(F)F)cc(I)c1O. The summed E-state index contributed by atoms with van der Waals surface area (Å²) >= 11 is 1.71. The first-order valence-corrected chi connectivity index (χ1v) is 4.82. The van der Waals surface area contributed by atoms with Crippen LogP contribution in [0.25, 0.3) is 6.08 Å². The number of ether oxygens (including phenoxy) is 1. The maximum absolute atomic E-state index is 11.9. The number of rotatable bonds is 2. The minimum Gasteiger partial charge on any atom is -0.506 e. The fourth-order valence-electron chi connectivity index (χ4n) is 0.943. The molecule has 0 atom stereocenters. The first-order valence-electron chi connectivity index (χ1n) is 3.74. The van der Waals surface area contributed by atoms with E-state index in [4.69, 9.17) is 0 Å². The molecule has 0 saturated carbocycles. The van der Waals surface area contributed by atoms with Gasteiger partial charge in [-0.15, -0.1) is 13.2 Å². The first-order chi connectivity index (χ1) is 6.83. The van der Waals surface area contributed by atoms with Crippen LogP contribution in [0, 0.1) is 3.57 Å². The Morgan fingerprint density at radius 1 is 1.40 bits per heavy atom. The topological polar surface area (TPSA) is 29.5 Å². The average molecular weight is 330 g/mol. The summed E-state index contributed by atoms with van der Waals surface area (Å²) in [6.45, 7) is 3.37. The van der Waals surface area contributed by atoms with Gasteiger partial charge in [-0.25, -0.2) is 0 Å². The molecule has 6 heteroatoms. The predicted molar refractivity (Wildman–Crippen MR) is 57.6 cm³/mol. The molecule has 0 aromatic heterocycles. The Bertz CT molecular complexity index is 388. The van der Waals surface area contributed by atoms with Crippen LogP contribution in [0.15, 0.2) is 18.7 Å². The summed E-state index contributed by atoms with van der Waals surface area (Å²) in [5.74, 6) is -0.486. The lowest BCUT2D eigenvalue weighted by atomic mass is 10.2. The van der Waals surface area contributed by atoms with Crippen LogP contribution in [0.5, 0.6) is 11.5 Å². The van der Waals surface area contributed by atoms with Crippen LogP contribution < -0.4 is 4.74 Å². The van der Waals surface area contributed by atoms with Gasteiger partial charge >= 0.3 is 6.36 Å². The molecule has 0 amide bonds. The van der Waals surface area contributed by atoms with Gasteiger partial charge in [0.1, 0.15) is 11.5 Å². The second-order valence-electron chi connectivity index (χ2n) is 2.59. The maximum Gasteiger partial charge on any atom is 0.573 e. The Balaban J connectivity index is 3.11. The lowest BCUT2D eigenvalue weighted by Gasteiger charge is -2.11. The lowest BCUT2D eigenvalue weighted by Crippen LogP contribution is -2.17. The highest BCUT2D eigenvalue weighted by Gasteiger charge is 2.31. The van der Waals surface area contributed by atoms with Gasteiger partial charge in [-0.1, -0.05) is 12.7 Å². The van der Waals surface area contributed by atoms with Crippen molar-refractivity contribution in [1.29, 1.82) is 0 Å². The monoisotopic (exact) mass is 330 g/mol. The summed E-state index contributed by atoms with van der Waals surface area (Å²) in [7, 11) is 0. The van der Waals surface area contributed by atoms with E-state index in [9.17, 15) is 18.3 Å². The first kappa shape index (κ1) is 12.2. The number of benzene rings is 1. The smallest absolute Gasteiger partial charge is 0.506 e. The van der Waals surface area contributed by atoms with Gasteiger partial charge in [0.05, 0.1) is 3.57 Å². The van der Waals surface area contributed by atoms with Gasteiger partial charge in [-0.3, -0.25) is 0 Å². The van der Waals surface area contributed by atoms with Gasteiger partial charge < -0.3 is 9.84 Å². The third-order valence-corrected chi connectivity index (χ3v) is 2.34. The molecular weight excluding hydrogens is 324 g/mol. The number of phenols is 1. The summed E-state index contributed by atoms with van der Waals surface area (Å²) in [4.78, 5) is 0. The summed E-state index contributed by atoms with van der Waals surface area (Å²) in [6.07, 6.45) is -3.49. The van der Waals surface area contributed by atoms with Crippen LogP contribution in [0.2, 0.25) is 0 Å². The fraction of sp³-hybridized carbons (Fsp3) is 0.111. The van der Waals surface area contributed by atoms with E-state index in [0.717, 1.165) is 12.1 Å². The predicted octanol–water partition coefficient (Wildman–Crippen LogP) is 3.54. The molecule has 0 saturated heterocycles. The van der Waals surface area contributed by atoms with E-state index >= 15 is 0 Å². The molecule has 1 aromatic rings. The Kier molecular flexibility index (Phi) is 3.48. The Hall–Kier alpha value is -0.920.